The number of thioether (sulfide) groups is 1. The summed E-state index contributed by atoms with van der Waals surface area (Å²) >= 11 is 1.29. The number of fused-ring (bicyclic) bond motifs is 1. The first-order chi connectivity index (χ1) is 13.7. The van der Waals surface area contributed by atoms with Crippen LogP contribution >= 0.6 is 11.8 Å². The molecule has 1 aromatic carbocycles. The third-order valence-corrected chi connectivity index (χ3v) is 7.70. The van der Waals surface area contributed by atoms with E-state index in [0.717, 1.165) is 5.52 Å². The molecule has 1 aromatic heterocycles. The van der Waals surface area contributed by atoms with E-state index in [9.17, 15) is 18.0 Å². The lowest BCUT2D eigenvalue weighted by Gasteiger charge is -2.23. The van der Waals surface area contributed by atoms with E-state index < -0.39 is 21.3 Å². The van der Waals surface area contributed by atoms with Gasteiger partial charge in [-0.15, -0.1) is 0 Å². The molecule has 0 unspecified atom stereocenters. The molecule has 1 aliphatic heterocycles. The molecule has 1 aliphatic rings. The Bertz CT molecular complexity index is 1050. The SMILES string of the molecule is CCOC(=O)c1ccc2c(c1)nc(SCC(=O)N[C@@]1(C)CCS(=O)(=O)C1)n2CC. The maximum Gasteiger partial charge on any atom is 0.338 e. The van der Waals surface area contributed by atoms with Crippen LogP contribution in [0.15, 0.2) is 23.4 Å². The predicted octanol–water partition coefficient (Wildman–Crippen LogP) is 2.02. The minimum Gasteiger partial charge on any atom is -0.462 e. The van der Waals surface area contributed by atoms with Gasteiger partial charge in [0.2, 0.25) is 5.91 Å². The summed E-state index contributed by atoms with van der Waals surface area (Å²) in [4.78, 5) is 28.9. The third-order valence-electron chi connectivity index (χ3n) is 4.82. The molecule has 158 valence electrons. The highest BCUT2D eigenvalue weighted by atomic mass is 32.2. The van der Waals surface area contributed by atoms with Gasteiger partial charge in [0.25, 0.3) is 0 Å². The van der Waals surface area contributed by atoms with Crippen LogP contribution in [-0.4, -0.2) is 59.2 Å². The van der Waals surface area contributed by atoms with Gasteiger partial charge >= 0.3 is 5.97 Å². The zero-order valence-electron chi connectivity index (χ0n) is 16.7. The minimum atomic E-state index is -3.09. The number of hydrogen-bond acceptors (Lipinski definition) is 7. The summed E-state index contributed by atoms with van der Waals surface area (Å²) in [7, 11) is -3.09. The summed E-state index contributed by atoms with van der Waals surface area (Å²) in [6, 6.07) is 5.22. The largest absolute Gasteiger partial charge is 0.462 e. The van der Waals surface area contributed by atoms with Gasteiger partial charge < -0.3 is 14.6 Å². The van der Waals surface area contributed by atoms with Crippen LogP contribution in [0, 0.1) is 0 Å². The first-order valence-corrected chi connectivity index (χ1v) is 12.3. The second-order valence-corrected chi connectivity index (χ2v) is 10.4. The smallest absolute Gasteiger partial charge is 0.338 e. The second kappa shape index (κ2) is 8.35. The van der Waals surface area contributed by atoms with Crippen LogP contribution in [-0.2, 0) is 25.9 Å². The first-order valence-electron chi connectivity index (χ1n) is 9.48. The van der Waals surface area contributed by atoms with Crippen molar-refractivity contribution < 1.29 is 22.7 Å². The molecule has 1 N–H and O–H groups in total. The molecule has 10 heteroatoms. The summed E-state index contributed by atoms with van der Waals surface area (Å²) < 4.78 is 30.4. The monoisotopic (exact) mass is 439 g/mol. The predicted molar refractivity (Wildman–Crippen MR) is 112 cm³/mol. The van der Waals surface area contributed by atoms with Gasteiger partial charge in [0, 0.05) is 6.54 Å². The highest BCUT2D eigenvalue weighted by molar-refractivity contribution is 7.99. The van der Waals surface area contributed by atoms with E-state index in [2.05, 4.69) is 10.3 Å². The van der Waals surface area contributed by atoms with Crippen LogP contribution in [0.25, 0.3) is 11.0 Å². The molecular weight excluding hydrogens is 414 g/mol. The van der Waals surface area contributed by atoms with Gasteiger partial charge in [-0.2, -0.15) is 0 Å². The zero-order chi connectivity index (χ0) is 21.2. The fourth-order valence-corrected chi connectivity index (χ4v) is 6.45. The quantitative estimate of drug-likeness (QED) is 0.519. The molecule has 29 heavy (non-hydrogen) atoms. The summed E-state index contributed by atoms with van der Waals surface area (Å²) in [6.07, 6.45) is 0.426. The van der Waals surface area contributed by atoms with Crippen LogP contribution in [0.5, 0.6) is 0 Å². The molecule has 0 bridgehead atoms. The van der Waals surface area contributed by atoms with Crippen LogP contribution < -0.4 is 5.32 Å². The van der Waals surface area contributed by atoms with Crippen molar-refractivity contribution in [2.24, 2.45) is 0 Å². The third kappa shape index (κ3) is 4.92. The minimum absolute atomic E-state index is 0.0273. The van der Waals surface area contributed by atoms with Gasteiger partial charge in [-0.25, -0.2) is 18.2 Å². The summed E-state index contributed by atoms with van der Waals surface area (Å²) in [5, 5.41) is 3.52. The Hall–Kier alpha value is -2.07. The van der Waals surface area contributed by atoms with Crippen molar-refractivity contribution in [2.75, 3.05) is 23.9 Å². The molecule has 2 heterocycles. The van der Waals surface area contributed by atoms with Crippen molar-refractivity contribution in [3.8, 4) is 0 Å². The van der Waals surface area contributed by atoms with Crippen LogP contribution in [0.3, 0.4) is 0 Å². The summed E-state index contributed by atoms with van der Waals surface area (Å²) in [5.41, 5.74) is 1.26. The lowest BCUT2D eigenvalue weighted by atomic mass is 10.0. The number of carbonyl (C=O) groups excluding carboxylic acids is 2. The normalized spacial score (nSPS) is 20.7. The van der Waals surface area contributed by atoms with Gasteiger partial charge in [-0.3, -0.25) is 4.79 Å². The molecule has 0 radical (unpaired) electrons. The van der Waals surface area contributed by atoms with E-state index in [1.54, 1.807) is 26.0 Å². The maximum atomic E-state index is 12.4. The first kappa shape index (κ1) is 21.6. The molecule has 1 fully saturated rings. The number of hydrogen-bond donors (Lipinski definition) is 1. The maximum absolute atomic E-state index is 12.4. The molecule has 0 saturated carbocycles. The summed E-state index contributed by atoms with van der Waals surface area (Å²) in [6.45, 7) is 6.46. The second-order valence-electron chi connectivity index (χ2n) is 7.30. The summed E-state index contributed by atoms with van der Waals surface area (Å²) in [5.74, 6) is -0.416. The van der Waals surface area contributed by atoms with E-state index >= 15 is 0 Å². The number of rotatable bonds is 7. The molecule has 1 atom stereocenters. The van der Waals surface area contributed by atoms with Crippen molar-refractivity contribution in [1.29, 1.82) is 0 Å². The Morgan fingerprint density at radius 1 is 1.34 bits per heavy atom. The Morgan fingerprint density at radius 2 is 2.10 bits per heavy atom. The number of ether oxygens (including phenoxy) is 1. The number of imidazole rings is 1. The number of aryl methyl sites for hydroxylation is 1. The van der Waals surface area contributed by atoms with E-state index in [4.69, 9.17) is 4.74 Å². The molecule has 8 nitrogen and oxygen atoms in total. The number of nitrogens with zero attached hydrogens (tertiary/aromatic N) is 2. The lowest BCUT2D eigenvalue weighted by Crippen LogP contribution is -2.47. The van der Waals surface area contributed by atoms with Crippen molar-refractivity contribution in [3.05, 3.63) is 23.8 Å². The molecule has 3 rings (SSSR count). The molecule has 1 amide bonds. The van der Waals surface area contributed by atoms with Crippen molar-refractivity contribution >= 4 is 44.5 Å². The van der Waals surface area contributed by atoms with Gasteiger partial charge in [-0.05, 0) is 45.4 Å². The molecular formula is C19H25N3O5S2. The van der Waals surface area contributed by atoms with E-state index in [0.29, 0.717) is 35.8 Å². The van der Waals surface area contributed by atoms with Crippen LogP contribution in [0.4, 0.5) is 0 Å². The number of carbonyl (C=O) groups is 2. The molecule has 0 aliphatic carbocycles. The Balaban J connectivity index is 1.72. The van der Waals surface area contributed by atoms with Crippen molar-refractivity contribution in [2.45, 2.75) is 44.4 Å². The van der Waals surface area contributed by atoms with Gasteiger partial charge in [0.05, 0.1) is 46.0 Å². The number of aromatic nitrogens is 2. The topological polar surface area (TPSA) is 107 Å². The number of esters is 1. The number of sulfone groups is 1. The fourth-order valence-electron chi connectivity index (χ4n) is 3.48. The van der Waals surface area contributed by atoms with Crippen molar-refractivity contribution in [3.63, 3.8) is 0 Å². The Labute approximate surface area is 174 Å². The molecule has 0 spiro atoms. The Kier molecular flexibility index (Phi) is 6.23. The molecule has 2 aromatic rings. The molecule has 1 saturated heterocycles. The van der Waals surface area contributed by atoms with Gasteiger partial charge in [-0.1, -0.05) is 11.8 Å². The number of nitrogens with one attached hydrogen (secondary N) is 1. The van der Waals surface area contributed by atoms with Crippen molar-refractivity contribution in [1.82, 2.24) is 14.9 Å². The number of amides is 1. The standard InChI is InChI=1S/C19H25N3O5S2/c1-4-22-15-7-6-13(17(24)27-5-2)10-14(15)20-18(22)28-11-16(23)21-19(3)8-9-29(25,26)12-19/h6-7,10H,4-5,8-9,11-12H2,1-3H3,(H,21,23)/t19-/m0/s1. The zero-order valence-corrected chi connectivity index (χ0v) is 18.4. The average Bonchev–Trinajstić information content (AvgIpc) is 3.14. The average molecular weight is 440 g/mol. The van der Waals surface area contributed by atoms with Crippen LogP contribution in [0.1, 0.15) is 37.6 Å². The van der Waals surface area contributed by atoms with Gasteiger partial charge in [0.1, 0.15) is 0 Å². The van der Waals surface area contributed by atoms with Gasteiger partial charge in [0.15, 0.2) is 15.0 Å². The highest BCUT2D eigenvalue weighted by Crippen LogP contribution is 2.26. The lowest BCUT2D eigenvalue weighted by molar-refractivity contribution is -0.120. The fraction of sp³-hybridized carbons (Fsp3) is 0.526. The highest BCUT2D eigenvalue weighted by Gasteiger charge is 2.39. The van der Waals surface area contributed by atoms with E-state index in [1.807, 2.05) is 17.6 Å². The van der Waals surface area contributed by atoms with E-state index in [-0.39, 0.29) is 23.2 Å². The number of benzene rings is 1. The van der Waals surface area contributed by atoms with Crippen LogP contribution in [0.2, 0.25) is 0 Å². The Morgan fingerprint density at radius 3 is 2.72 bits per heavy atom. The van der Waals surface area contributed by atoms with E-state index in [1.165, 1.54) is 11.8 Å².